The highest BCUT2D eigenvalue weighted by Gasteiger charge is 2.12. The Morgan fingerprint density at radius 3 is 2.58 bits per heavy atom. The fraction of sp³-hybridized carbons (Fsp3) is 0.250. The van der Waals surface area contributed by atoms with Crippen molar-refractivity contribution in [2.75, 3.05) is 11.9 Å². The van der Waals surface area contributed by atoms with E-state index in [4.69, 9.17) is 4.42 Å². The number of carbonyl (C=O) groups excluding carboxylic acids is 1. The van der Waals surface area contributed by atoms with Crippen molar-refractivity contribution in [3.8, 4) is 0 Å². The Hall–Kier alpha value is -2.59. The normalized spacial score (nSPS) is 12.2. The van der Waals surface area contributed by atoms with Crippen LogP contribution in [0.25, 0.3) is 11.0 Å². The SMILES string of the molecule is CCc1ccc(NC(=O)CNC(C)c2cc3ccccc3o2)cc1. The van der Waals surface area contributed by atoms with Crippen molar-refractivity contribution in [1.82, 2.24) is 5.32 Å². The lowest BCUT2D eigenvalue weighted by Gasteiger charge is -2.11. The number of aryl methyl sites for hydroxylation is 1. The van der Waals surface area contributed by atoms with Crippen LogP contribution in [0.5, 0.6) is 0 Å². The summed E-state index contributed by atoms with van der Waals surface area (Å²) in [6.45, 7) is 4.33. The second-order valence-corrected chi connectivity index (χ2v) is 5.89. The second-order valence-electron chi connectivity index (χ2n) is 5.89. The third-order valence-electron chi connectivity index (χ3n) is 4.09. The third-order valence-corrected chi connectivity index (χ3v) is 4.09. The smallest absolute Gasteiger partial charge is 0.238 e. The van der Waals surface area contributed by atoms with Gasteiger partial charge in [0.05, 0.1) is 12.6 Å². The number of benzene rings is 2. The first-order valence-corrected chi connectivity index (χ1v) is 8.26. The Morgan fingerprint density at radius 1 is 1.12 bits per heavy atom. The van der Waals surface area contributed by atoms with Gasteiger partial charge in [0, 0.05) is 11.1 Å². The number of amides is 1. The number of furan rings is 1. The maximum Gasteiger partial charge on any atom is 0.238 e. The number of carbonyl (C=O) groups is 1. The summed E-state index contributed by atoms with van der Waals surface area (Å²) in [7, 11) is 0. The molecule has 1 heterocycles. The van der Waals surface area contributed by atoms with Crippen LogP contribution in [0.3, 0.4) is 0 Å². The Balaban J connectivity index is 1.54. The number of para-hydroxylation sites is 1. The van der Waals surface area contributed by atoms with Gasteiger partial charge in [0.25, 0.3) is 0 Å². The highest BCUT2D eigenvalue weighted by Crippen LogP contribution is 2.23. The summed E-state index contributed by atoms with van der Waals surface area (Å²) in [5, 5.41) is 7.16. The molecule has 1 unspecified atom stereocenters. The maximum absolute atomic E-state index is 12.1. The molecular weight excluding hydrogens is 300 g/mol. The van der Waals surface area contributed by atoms with Crippen LogP contribution < -0.4 is 10.6 Å². The van der Waals surface area contributed by atoms with E-state index in [-0.39, 0.29) is 18.5 Å². The van der Waals surface area contributed by atoms with E-state index in [0.29, 0.717) is 0 Å². The summed E-state index contributed by atoms with van der Waals surface area (Å²) in [6, 6.07) is 17.8. The molecule has 1 amide bonds. The van der Waals surface area contributed by atoms with Gasteiger partial charge < -0.3 is 9.73 Å². The summed E-state index contributed by atoms with van der Waals surface area (Å²) < 4.78 is 5.81. The Morgan fingerprint density at radius 2 is 1.88 bits per heavy atom. The average Bonchev–Trinajstić information content (AvgIpc) is 3.04. The van der Waals surface area contributed by atoms with E-state index in [2.05, 4.69) is 17.6 Å². The van der Waals surface area contributed by atoms with E-state index in [1.807, 2.05) is 61.5 Å². The summed E-state index contributed by atoms with van der Waals surface area (Å²) in [5.74, 6) is 0.763. The quantitative estimate of drug-likeness (QED) is 0.712. The highest BCUT2D eigenvalue weighted by atomic mass is 16.3. The minimum atomic E-state index is -0.0674. The van der Waals surface area contributed by atoms with Gasteiger partial charge in [-0.05, 0) is 43.2 Å². The summed E-state index contributed by atoms with van der Waals surface area (Å²) in [6.07, 6.45) is 0.991. The molecule has 0 aliphatic carbocycles. The summed E-state index contributed by atoms with van der Waals surface area (Å²) in [5.41, 5.74) is 2.93. The molecule has 1 aromatic heterocycles. The predicted octanol–water partition coefficient (Wildman–Crippen LogP) is 4.28. The molecule has 4 heteroatoms. The van der Waals surface area contributed by atoms with Crippen LogP contribution in [-0.2, 0) is 11.2 Å². The van der Waals surface area contributed by atoms with Crippen LogP contribution in [0.4, 0.5) is 5.69 Å². The van der Waals surface area contributed by atoms with Gasteiger partial charge in [0.1, 0.15) is 11.3 Å². The second kappa shape index (κ2) is 7.32. The zero-order valence-electron chi connectivity index (χ0n) is 14.0. The standard InChI is InChI=1S/C20H22N2O2/c1-3-15-8-10-17(11-9-15)22-20(23)13-21-14(2)19-12-16-6-4-5-7-18(16)24-19/h4-12,14,21H,3,13H2,1-2H3,(H,22,23). The largest absolute Gasteiger partial charge is 0.459 e. The van der Waals surface area contributed by atoms with Gasteiger partial charge in [-0.25, -0.2) is 0 Å². The molecule has 4 nitrogen and oxygen atoms in total. The van der Waals surface area contributed by atoms with Gasteiger partial charge in [-0.1, -0.05) is 37.3 Å². The molecule has 1 atom stereocenters. The monoisotopic (exact) mass is 322 g/mol. The lowest BCUT2D eigenvalue weighted by atomic mass is 10.1. The molecule has 24 heavy (non-hydrogen) atoms. The first kappa shape index (κ1) is 16.3. The number of hydrogen-bond donors (Lipinski definition) is 2. The molecule has 0 fully saturated rings. The van der Waals surface area contributed by atoms with E-state index in [0.717, 1.165) is 28.8 Å². The molecule has 2 aromatic carbocycles. The minimum Gasteiger partial charge on any atom is -0.459 e. The lowest BCUT2D eigenvalue weighted by Crippen LogP contribution is -2.29. The zero-order valence-corrected chi connectivity index (χ0v) is 14.0. The van der Waals surface area contributed by atoms with E-state index in [9.17, 15) is 4.79 Å². The molecular formula is C20H22N2O2. The molecule has 2 N–H and O–H groups in total. The van der Waals surface area contributed by atoms with Crippen LogP contribution in [0.2, 0.25) is 0 Å². The fourth-order valence-electron chi connectivity index (χ4n) is 2.59. The van der Waals surface area contributed by atoms with E-state index in [1.54, 1.807) is 0 Å². The minimum absolute atomic E-state index is 0.0365. The van der Waals surface area contributed by atoms with Crippen molar-refractivity contribution in [2.24, 2.45) is 0 Å². The molecule has 3 aromatic rings. The number of hydrogen-bond acceptors (Lipinski definition) is 3. The average molecular weight is 322 g/mol. The Bertz CT molecular complexity index is 788. The zero-order chi connectivity index (χ0) is 16.9. The molecule has 0 aliphatic heterocycles. The van der Waals surface area contributed by atoms with Crippen molar-refractivity contribution in [3.05, 3.63) is 65.9 Å². The van der Waals surface area contributed by atoms with Crippen molar-refractivity contribution in [3.63, 3.8) is 0 Å². The van der Waals surface area contributed by atoms with Gasteiger partial charge in [0.2, 0.25) is 5.91 Å². The van der Waals surface area contributed by atoms with E-state index in [1.165, 1.54) is 5.56 Å². The molecule has 0 saturated carbocycles. The molecule has 0 saturated heterocycles. The number of nitrogens with one attached hydrogen (secondary N) is 2. The van der Waals surface area contributed by atoms with E-state index >= 15 is 0 Å². The van der Waals surface area contributed by atoms with Gasteiger partial charge in [-0.15, -0.1) is 0 Å². The van der Waals surface area contributed by atoms with Gasteiger partial charge >= 0.3 is 0 Å². The third kappa shape index (κ3) is 3.84. The molecule has 0 radical (unpaired) electrons. The van der Waals surface area contributed by atoms with Gasteiger partial charge in [0.15, 0.2) is 0 Å². The first-order chi connectivity index (χ1) is 11.7. The lowest BCUT2D eigenvalue weighted by molar-refractivity contribution is -0.115. The van der Waals surface area contributed by atoms with Crippen LogP contribution in [0.15, 0.2) is 59.0 Å². The predicted molar refractivity (Wildman–Crippen MR) is 97.1 cm³/mol. The highest BCUT2D eigenvalue weighted by molar-refractivity contribution is 5.92. The topological polar surface area (TPSA) is 54.3 Å². The molecule has 124 valence electrons. The van der Waals surface area contributed by atoms with Gasteiger partial charge in [-0.3, -0.25) is 10.1 Å². The van der Waals surface area contributed by atoms with Crippen molar-refractivity contribution in [2.45, 2.75) is 26.3 Å². The van der Waals surface area contributed by atoms with Crippen LogP contribution in [0.1, 0.15) is 31.2 Å². The van der Waals surface area contributed by atoms with Crippen LogP contribution >= 0.6 is 0 Å². The molecule has 0 bridgehead atoms. The van der Waals surface area contributed by atoms with Crippen LogP contribution in [-0.4, -0.2) is 12.5 Å². The number of anilines is 1. The summed E-state index contributed by atoms with van der Waals surface area (Å²) >= 11 is 0. The van der Waals surface area contributed by atoms with E-state index < -0.39 is 0 Å². The van der Waals surface area contributed by atoms with Crippen molar-refractivity contribution in [1.29, 1.82) is 0 Å². The molecule has 0 aliphatic rings. The van der Waals surface area contributed by atoms with Gasteiger partial charge in [-0.2, -0.15) is 0 Å². The fourth-order valence-corrected chi connectivity index (χ4v) is 2.59. The molecule has 0 spiro atoms. The Labute approximate surface area is 141 Å². The van der Waals surface area contributed by atoms with Crippen LogP contribution in [0, 0.1) is 0 Å². The maximum atomic E-state index is 12.1. The molecule has 3 rings (SSSR count). The first-order valence-electron chi connectivity index (χ1n) is 8.26. The number of rotatable bonds is 6. The Kier molecular flexibility index (Phi) is 4.96. The number of fused-ring (bicyclic) bond motifs is 1. The summed E-state index contributed by atoms with van der Waals surface area (Å²) in [4.78, 5) is 12.1. The van der Waals surface area contributed by atoms with Crippen molar-refractivity contribution >= 4 is 22.6 Å². The van der Waals surface area contributed by atoms with Crippen molar-refractivity contribution < 1.29 is 9.21 Å².